The monoisotopic (exact) mass is 346 g/mol. The molecule has 1 aromatic carbocycles. The number of rotatable bonds is 7. The third kappa shape index (κ3) is 5.66. The minimum Gasteiger partial charge on any atom is -0.351 e. The first kappa shape index (κ1) is 17.9. The van der Waals surface area contributed by atoms with E-state index in [9.17, 15) is 9.59 Å². The van der Waals surface area contributed by atoms with Gasteiger partial charge in [0.1, 0.15) is 5.69 Å². The Morgan fingerprint density at radius 2 is 2.04 bits per heavy atom. The van der Waals surface area contributed by atoms with Gasteiger partial charge in [-0.25, -0.2) is 9.78 Å². The number of thiazole rings is 1. The van der Waals surface area contributed by atoms with Gasteiger partial charge in [0.15, 0.2) is 5.13 Å². The Hall–Kier alpha value is -2.41. The summed E-state index contributed by atoms with van der Waals surface area (Å²) >= 11 is 1.22. The molecule has 6 nitrogen and oxygen atoms in total. The normalized spacial score (nSPS) is 10.2. The largest absolute Gasteiger partial charge is 0.351 e. The van der Waals surface area contributed by atoms with Crippen LogP contribution in [0.1, 0.15) is 42.2 Å². The average Bonchev–Trinajstić information content (AvgIpc) is 2.99. The average molecular weight is 346 g/mol. The molecule has 3 amide bonds. The van der Waals surface area contributed by atoms with Gasteiger partial charge in [-0.2, -0.15) is 0 Å². The zero-order valence-corrected chi connectivity index (χ0v) is 14.7. The standard InChI is InChI=1S/C17H22N4O2S/c1-3-4-5-9-18-15(22)14-11-24-17(20-14)21-16(23)19-13-8-6-7-12(2)10-13/h6-8,10-11H,3-5,9H2,1-2H3,(H,18,22)(H2,19,20,21,23). The number of carbonyl (C=O) groups excluding carboxylic acids is 2. The van der Waals surface area contributed by atoms with Crippen LogP contribution in [0.25, 0.3) is 0 Å². The summed E-state index contributed by atoms with van der Waals surface area (Å²) in [5.74, 6) is -0.213. The molecule has 0 fully saturated rings. The molecule has 3 N–H and O–H groups in total. The van der Waals surface area contributed by atoms with E-state index < -0.39 is 0 Å². The summed E-state index contributed by atoms with van der Waals surface area (Å²) in [6, 6.07) is 7.12. The van der Waals surface area contributed by atoms with Crippen molar-refractivity contribution < 1.29 is 9.59 Å². The number of hydrogen-bond donors (Lipinski definition) is 3. The van der Waals surface area contributed by atoms with Crippen molar-refractivity contribution in [3.8, 4) is 0 Å². The molecule has 2 aromatic rings. The molecule has 0 aliphatic rings. The molecule has 24 heavy (non-hydrogen) atoms. The van der Waals surface area contributed by atoms with Crippen LogP contribution in [-0.4, -0.2) is 23.5 Å². The van der Waals surface area contributed by atoms with Gasteiger partial charge >= 0.3 is 6.03 Å². The van der Waals surface area contributed by atoms with Gasteiger partial charge in [0.05, 0.1) is 0 Å². The summed E-state index contributed by atoms with van der Waals surface area (Å²) in [6.45, 7) is 4.71. The van der Waals surface area contributed by atoms with Gasteiger partial charge in [-0.15, -0.1) is 11.3 Å². The van der Waals surface area contributed by atoms with E-state index in [1.807, 2.05) is 31.2 Å². The number of urea groups is 1. The molecule has 7 heteroatoms. The van der Waals surface area contributed by atoms with E-state index in [2.05, 4.69) is 27.9 Å². The topological polar surface area (TPSA) is 83.1 Å². The van der Waals surface area contributed by atoms with Crippen molar-refractivity contribution in [3.05, 3.63) is 40.9 Å². The first-order chi connectivity index (χ1) is 11.6. The number of aryl methyl sites for hydroxylation is 1. The number of benzene rings is 1. The zero-order valence-electron chi connectivity index (χ0n) is 13.9. The molecule has 0 radical (unpaired) electrons. The van der Waals surface area contributed by atoms with Crippen LogP contribution in [0.15, 0.2) is 29.6 Å². The van der Waals surface area contributed by atoms with Crippen molar-refractivity contribution in [2.45, 2.75) is 33.1 Å². The summed E-state index contributed by atoms with van der Waals surface area (Å²) in [6.07, 6.45) is 3.15. The van der Waals surface area contributed by atoms with Crippen LogP contribution >= 0.6 is 11.3 Å². The lowest BCUT2D eigenvalue weighted by Crippen LogP contribution is -2.25. The van der Waals surface area contributed by atoms with E-state index >= 15 is 0 Å². The maximum absolute atomic E-state index is 12.0. The second-order valence-corrected chi connectivity index (χ2v) is 6.31. The molecule has 0 atom stereocenters. The van der Waals surface area contributed by atoms with Gasteiger partial charge < -0.3 is 10.6 Å². The Bertz CT molecular complexity index is 699. The lowest BCUT2D eigenvalue weighted by molar-refractivity contribution is 0.0948. The molecule has 128 valence electrons. The fourth-order valence-electron chi connectivity index (χ4n) is 2.09. The fraction of sp³-hybridized carbons (Fsp3) is 0.353. The smallest absolute Gasteiger partial charge is 0.325 e. The molecule has 1 aromatic heterocycles. The molecule has 0 saturated carbocycles. The number of hydrogen-bond acceptors (Lipinski definition) is 4. The predicted octanol–water partition coefficient (Wildman–Crippen LogP) is 4.02. The molecular formula is C17H22N4O2S. The van der Waals surface area contributed by atoms with E-state index in [-0.39, 0.29) is 11.9 Å². The van der Waals surface area contributed by atoms with Crippen LogP contribution in [0.5, 0.6) is 0 Å². The molecule has 0 aliphatic heterocycles. The Labute approximate surface area is 145 Å². The molecule has 1 heterocycles. The highest BCUT2D eigenvalue weighted by atomic mass is 32.1. The maximum Gasteiger partial charge on any atom is 0.325 e. The number of amides is 3. The van der Waals surface area contributed by atoms with Crippen molar-refractivity contribution >= 4 is 34.1 Å². The quantitative estimate of drug-likeness (QED) is 0.662. The van der Waals surface area contributed by atoms with Crippen molar-refractivity contribution in [2.24, 2.45) is 0 Å². The van der Waals surface area contributed by atoms with Crippen LogP contribution < -0.4 is 16.0 Å². The summed E-state index contributed by atoms with van der Waals surface area (Å²) in [4.78, 5) is 28.0. The van der Waals surface area contributed by atoms with Gasteiger partial charge in [0, 0.05) is 17.6 Å². The summed E-state index contributed by atoms with van der Waals surface area (Å²) in [5.41, 5.74) is 2.09. The SMILES string of the molecule is CCCCCNC(=O)c1csc(NC(=O)Nc2cccc(C)c2)n1. The number of carbonyl (C=O) groups is 2. The zero-order chi connectivity index (χ0) is 17.4. The Balaban J connectivity index is 1.84. The van der Waals surface area contributed by atoms with Crippen molar-refractivity contribution in [3.63, 3.8) is 0 Å². The van der Waals surface area contributed by atoms with E-state index in [4.69, 9.17) is 0 Å². The number of unbranched alkanes of at least 4 members (excludes halogenated alkanes) is 2. The molecule has 2 rings (SSSR count). The second kappa shape index (κ2) is 9.02. The van der Waals surface area contributed by atoms with Crippen LogP contribution in [0.3, 0.4) is 0 Å². The second-order valence-electron chi connectivity index (χ2n) is 5.45. The molecule has 0 aliphatic carbocycles. The minimum absolute atomic E-state index is 0.213. The van der Waals surface area contributed by atoms with E-state index in [1.165, 1.54) is 11.3 Å². The van der Waals surface area contributed by atoms with Gasteiger partial charge in [-0.05, 0) is 31.0 Å². The van der Waals surface area contributed by atoms with Crippen molar-refractivity contribution in [1.82, 2.24) is 10.3 Å². The third-order valence-corrected chi connectivity index (χ3v) is 4.06. The summed E-state index contributed by atoms with van der Waals surface area (Å²) in [5, 5.41) is 10.2. The van der Waals surface area contributed by atoms with Crippen molar-refractivity contribution in [1.29, 1.82) is 0 Å². The maximum atomic E-state index is 12.0. The van der Waals surface area contributed by atoms with Gasteiger partial charge in [0.25, 0.3) is 5.91 Å². The molecule has 0 saturated heterocycles. The number of anilines is 2. The first-order valence-electron chi connectivity index (χ1n) is 7.97. The number of nitrogens with one attached hydrogen (secondary N) is 3. The highest BCUT2D eigenvalue weighted by Gasteiger charge is 2.12. The molecule has 0 bridgehead atoms. The fourth-order valence-corrected chi connectivity index (χ4v) is 2.77. The van der Waals surface area contributed by atoms with Crippen LogP contribution in [0.4, 0.5) is 15.6 Å². The summed E-state index contributed by atoms with van der Waals surface area (Å²) < 4.78 is 0. The Morgan fingerprint density at radius 3 is 2.79 bits per heavy atom. The highest BCUT2D eigenvalue weighted by molar-refractivity contribution is 7.14. The number of aromatic nitrogens is 1. The minimum atomic E-state index is -0.384. The predicted molar refractivity (Wildman–Crippen MR) is 97.8 cm³/mol. The van der Waals surface area contributed by atoms with Crippen molar-refractivity contribution in [2.75, 3.05) is 17.2 Å². The Morgan fingerprint density at radius 1 is 1.21 bits per heavy atom. The third-order valence-electron chi connectivity index (χ3n) is 3.30. The van der Waals surface area contributed by atoms with Gasteiger partial charge in [0.2, 0.25) is 0 Å². The highest BCUT2D eigenvalue weighted by Crippen LogP contribution is 2.16. The molecule has 0 unspecified atom stereocenters. The van der Waals surface area contributed by atoms with E-state index in [0.717, 1.165) is 24.8 Å². The van der Waals surface area contributed by atoms with E-state index in [0.29, 0.717) is 23.1 Å². The van der Waals surface area contributed by atoms with Crippen LogP contribution in [0.2, 0.25) is 0 Å². The van der Waals surface area contributed by atoms with Gasteiger partial charge in [-0.3, -0.25) is 10.1 Å². The molecule has 0 spiro atoms. The molecular weight excluding hydrogens is 324 g/mol. The summed E-state index contributed by atoms with van der Waals surface area (Å²) in [7, 11) is 0. The number of nitrogens with zero attached hydrogens (tertiary/aromatic N) is 1. The van der Waals surface area contributed by atoms with Crippen LogP contribution in [0, 0.1) is 6.92 Å². The Kier molecular flexibility index (Phi) is 6.74. The first-order valence-corrected chi connectivity index (χ1v) is 8.85. The lowest BCUT2D eigenvalue weighted by atomic mass is 10.2. The van der Waals surface area contributed by atoms with Gasteiger partial charge in [-0.1, -0.05) is 31.9 Å². The lowest BCUT2D eigenvalue weighted by Gasteiger charge is -2.06. The van der Waals surface area contributed by atoms with E-state index in [1.54, 1.807) is 5.38 Å². The van der Waals surface area contributed by atoms with Crippen LogP contribution in [-0.2, 0) is 0 Å².